The minimum atomic E-state index is -0.963. The highest BCUT2D eigenvalue weighted by atomic mass is 16.5. The molecule has 0 aliphatic heterocycles. The van der Waals surface area contributed by atoms with Crippen LogP contribution < -0.4 is 0 Å². The molecule has 106 valence electrons. The van der Waals surface area contributed by atoms with Gasteiger partial charge in [0.05, 0.1) is 6.61 Å². The molecule has 18 heavy (non-hydrogen) atoms. The molecule has 0 aromatic heterocycles. The molecule has 0 heterocycles. The minimum absolute atomic E-state index is 0.119. The van der Waals surface area contributed by atoms with Gasteiger partial charge in [0.15, 0.2) is 0 Å². The molecule has 1 unspecified atom stereocenters. The van der Waals surface area contributed by atoms with Crippen LogP contribution in [0.5, 0.6) is 0 Å². The fraction of sp³-hybridized carbons (Fsp3) is 0.786. The lowest BCUT2D eigenvalue weighted by atomic mass is 10.1. The highest BCUT2D eigenvalue weighted by Gasteiger charge is 2.06. The third-order valence-corrected chi connectivity index (χ3v) is 2.54. The van der Waals surface area contributed by atoms with Crippen molar-refractivity contribution in [2.24, 2.45) is 0 Å². The molecular formula is C14H26O4. The lowest BCUT2D eigenvalue weighted by Gasteiger charge is -2.07. The van der Waals surface area contributed by atoms with Gasteiger partial charge in [-0.3, -0.25) is 4.79 Å². The van der Waals surface area contributed by atoms with Crippen molar-refractivity contribution in [1.29, 1.82) is 0 Å². The number of esters is 1. The molecule has 0 radical (unpaired) electrons. The van der Waals surface area contributed by atoms with Crippen LogP contribution in [-0.4, -0.2) is 35.5 Å². The molecule has 0 aliphatic rings. The first kappa shape index (κ1) is 17.1. The van der Waals surface area contributed by atoms with Gasteiger partial charge in [-0.2, -0.15) is 0 Å². The number of hydrogen-bond acceptors (Lipinski definition) is 4. The van der Waals surface area contributed by atoms with E-state index in [4.69, 9.17) is 14.9 Å². The average Bonchev–Trinajstić information content (AvgIpc) is 2.39. The van der Waals surface area contributed by atoms with E-state index in [-0.39, 0.29) is 19.2 Å². The summed E-state index contributed by atoms with van der Waals surface area (Å²) in [7, 11) is 0. The van der Waals surface area contributed by atoms with Crippen LogP contribution in [-0.2, 0) is 9.53 Å². The van der Waals surface area contributed by atoms with Crippen LogP contribution >= 0.6 is 0 Å². The van der Waals surface area contributed by atoms with E-state index in [1.165, 1.54) is 12.8 Å². The first-order chi connectivity index (χ1) is 8.70. The molecule has 0 spiro atoms. The van der Waals surface area contributed by atoms with E-state index in [2.05, 4.69) is 19.1 Å². The van der Waals surface area contributed by atoms with Crippen molar-refractivity contribution >= 4 is 5.97 Å². The topological polar surface area (TPSA) is 66.8 Å². The number of unbranched alkanes of at least 4 members (excludes halogenated alkanes) is 4. The van der Waals surface area contributed by atoms with Gasteiger partial charge in [0.1, 0.15) is 12.7 Å². The van der Waals surface area contributed by atoms with Crippen molar-refractivity contribution in [2.75, 3.05) is 13.2 Å². The molecule has 1 atom stereocenters. The molecule has 0 aromatic rings. The summed E-state index contributed by atoms with van der Waals surface area (Å²) in [4.78, 5) is 11.2. The average molecular weight is 258 g/mol. The summed E-state index contributed by atoms with van der Waals surface area (Å²) in [6.07, 6.45) is 10.1. The monoisotopic (exact) mass is 258 g/mol. The third kappa shape index (κ3) is 11.6. The number of carbonyl (C=O) groups is 1. The zero-order chi connectivity index (χ0) is 13.6. The molecule has 0 amide bonds. The summed E-state index contributed by atoms with van der Waals surface area (Å²) in [6, 6.07) is 0. The van der Waals surface area contributed by atoms with Crippen molar-refractivity contribution in [3.05, 3.63) is 12.2 Å². The van der Waals surface area contributed by atoms with Crippen LogP contribution in [0.25, 0.3) is 0 Å². The molecule has 0 rings (SSSR count). The Morgan fingerprint density at radius 1 is 1.22 bits per heavy atom. The quantitative estimate of drug-likeness (QED) is 0.339. The summed E-state index contributed by atoms with van der Waals surface area (Å²) in [5.74, 6) is -0.308. The Kier molecular flexibility index (Phi) is 12.0. The predicted molar refractivity (Wildman–Crippen MR) is 71.2 cm³/mol. The van der Waals surface area contributed by atoms with Crippen LogP contribution in [0.15, 0.2) is 12.2 Å². The molecule has 0 aliphatic carbocycles. The number of aliphatic hydroxyl groups excluding tert-OH is 2. The molecule has 4 heteroatoms. The molecule has 0 aromatic carbocycles. The molecule has 2 N–H and O–H groups in total. The predicted octanol–water partition coefficient (Wildman–Crippen LogP) is 2.19. The van der Waals surface area contributed by atoms with E-state index in [0.29, 0.717) is 6.42 Å². The van der Waals surface area contributed by atoms with Crippen molar-refractivity contribution in [1.82, 2.24) is 0 Å². The smallest absolute Gasteiger partial charge is 0.305 e. The Balaban J connectivity index is 3.32. The SMILES string of the molecule is CCCCC=CCCCCC(=O)OCC(O)CO. The van der Waals surface area contributed by atoms with Gasteiger partial charge in [-0.05, 0) is 25.7 Å². The maximum Gasteiger partial charge on any atom is 0.305 e. The van der Waals surface area contributed by atoms with Crippen molar-refractivity contribution in [2.45, 2.75) is 58.0 Å². The number of aliphatic hydroxyl groups is 2. The van der Waals surface area contributed by atoms with E-state index in [0.717, 1.165) is 25.7 Å². The number of hydrogen-bond donors (Lipinski definition) is 2. The first-order valence-electron chi connectivity index (χ1n) is 6.80. The number of allylic oxidation sites excluding steroid dienone is 2. The van der Waals surface area contributed by atoms with Gasteiger partial charge in [-0.1, -0.05) is 31.9 Å². The van der Waals surface area contributed by atoms with E-state index in [9.17, 15) is 4.79 Å². The van der Waals surface area contributed by atoms with Gasteiger partial charge in [-0.15, -0.1) is 0 Å². The second-order valence-corrected chi connectivity index (χ2v) is 4.38. The second kappa shape index (κ2) is 12.6. The lowest BCUT2D eigenvalue weighted by Crippen LogP contribution is -2.21. The fourth-order valence-corrected chi connectivity index (χ4v) is 1.40. The van der Waals surface area contributed by atoms with E-state index in [1.807, 2.05) is 0 Å². The molecule has 0 fully saturated rings. The highest BCUT2D eigenvalue weighted by molar-refractivity contribution is 5.69. The van der Waals surface area contributed by atoms with Crippen molar-refractivity contribution in [3.8, 4) is 0 Å². The van der Waals surface area contributed by atoms with Crippen molar-refractivity contribution in [3.63, 3.8) is 0 Å². The van der Waals surface area contributed by atoms with Crippen molar-refractivity contribution < 1.29 is 19.7 Å². The van der Waals surface area contributed by atoms with Gasteiger partial charge < -0.3 is 14.9 Å². The van der Waals surface area contributed by atoms with Crippen LogP contribution in [0.3, 0.4) is 0 Å². The number of ether oxygens (including phenoxy) is 1. The third-order valence-electron chi connectivity index (χ3n) is 2.54. The van der Waals surface area contributed by atoms with E-state index < -0.39 is 6.10 Å². The Hall–Kier alpha value is -0.870. The van der Waals surface area contributed by atoms with Crippen LogP contribution in [0.2, 0.25) is 0 Å². The Labute approximate surface area is 110 Å². The number of rotatable bonds is 11. The Bertz CT molecular complexity index is 226. The highest BCUT2D eigenvalue weighted by Crippen LogP contribution is 2.04. The Morgan fingerprint density at radius 3 is 2.50 bits per heavy atom. The maximum atomic E-state index is 11.2. The molecule has 4 nitrogen and oxygen atoms in total. The summed E-state index contributed by atoms with van der Waals surface area (Å²) in [5, 5.41) is 17.5. The zero-order valence-electron chi connectivity index (χ0n) is 11.3. The van der Waals surface area contributed by atoms with E-state index >= 15 is 0 Å². The first-order valence-corrected chi connectivity index (χ1v) is 6.80. The van der Waals surface area contributed by atoms with Gasteiger partial charge >= 0.3 is 5.97 Å². The van der Waals surface area contributed by atoms with E-state index in [1.54, 1.807) is 0 Å². The van der Waals surface area contributed by atoms with Crippen LogP contribution in [0.4, 0.5) is 0 Å². The largest absolute Gasteiger partial charge is 0.463 e. The fourth-order valence-electron chi connectivity index (χ4n) is 1.40. The maximum absolute atomic E-state index is 11.2. The summed E-state index contributed by atoms with van der Waals surface area (Å²) in [5.41, 5.74) is 0. The summed E-state index contributed by atoms with van der Waals surface area (Å²) in [6.45, 7) is 1.68. The molecular weight excluding hydrogens is 232 g/mol. The van der Waals surface area contributed by atoms with Gasteiger partial charge in [0.2, 0.25) is 0 Å². The normalized spacial score (nSPS) is 12.8. The van der Waals surface area contributed by atoms with Gasteiger partial charge in [0, 0.05) is 6.42 Å². The second-order valence-electron chi connectivity index (χ2n) is 4.38. The molecule has 0 bridgehead atoms. The molecule has 0 saturated heterocycles. The zero-order valence-corrected chi connectivity index (χ0v) is 11.3. The lowest BCUT2D eigenvalue weighted by molar-refractivity contribution is -0.147. The van der Waals surface area contributed by atoms with Crippen LogP contribution in [0.1, 0.15) is 51.9 Å². The summed E-state index contributed by atoms with van der Waals surface area (Å²) < 4.78 is 4.79. The number of carbonyl (C=O) groups excluding carboxylic acids is 1. The van der Waals surface area contributed by atoms with Crippen LogP contribution in [0, 0.1) is 0 Å². The standard InChI is InChI=1S/C14H26O4/c1-2-3-4-5-6-7-8-9-10-14(17)18-12-13(16)11-15/h5-6,13,15-16H,2-4,7-12H2,1H3. The molecule has 0 saturated carbocycles. The minimum Gasteiger partial charge on any atom is -0.463 e. The van der Waals surface area contributed by atoms with Gasteiger partial charge in [-0.25, -0.2) is 0 Å². The van der Waals surface area contributed by atoms with Gasteiger partial charge in [0.25, 0.3) is 0 Å². The Morgan fingerprint density at radius 2 is 1.89 bits per heavy atom. The summed E-state index contributed by atoms with van der Waals surface area (Å²) >= 11 is 0.